The molecule has 0 bridgehead atoms. The third kappa shape index (κ3) is 2.06. The Morgan fingerprint density at radius 2 is 2.39 bits per heavy atom. The second-order valence-electron chi connectivity index (χ2n) is 4.68. The number of nitrogens with one attached hydrogen (secondary N) is 1. The molecule has 1 atom stereocenters. The summed E-state index contributed by atoms with van der Waals surface area (Å²) in [6, 6.07) is 0.0638. The predicted molar refractivity (Wildman–Crippen MR) is 66.0 cm³/mol. The van der Waals surface area contributed by atoms with Crippen molar-refractivity contribution in [3.05, 3.63) is 30.4 Å². The fraction of sp³-hybridized carbons (Fsp3) is 0.417. The molecule has 1 aliphatic carbocycles. The van der Waals surface area contributed by atoms with E-state index in [0.717, 1.165) is 0 Å². The Labute approximate surface area is 104 Å². The van der Waals surface area contributed by atoms with Crippen LogP contribution in [0, 0.1) is 5.92 Å². The normalized spacial score (nSPS) is 16.7. The Hall–Kier alpha value is -1.95. The standard InChI is InChI=1S/C12H15N5O/c13-10(8-1-2-8)6-15-12(18)9-5-16-17-4-3-14-7-11(9)17/h3-5,7-8,10H,1-2,6,13H2,(H,15,18). The fourth-order valence-electron chi connectivity index (χ4n) is 2.01. The highest BCUT2D eigenvalue weighted by Crippen LogP contribution is 2.31. The van der Waals surface area contributed by atoms with Gasteiger partial charge in [-0.15, -0.1) is 0 Å². The second kappa shape index (κ2) is 4.38. The highest BCUT2D eigenvalue weighted by atomic mass is 16.1. The lowest BCUT2D eigenvalue weighted by atomic mass is 10.2. The highest BCUT2D eigenvalue weighted by Gasteiger charge is 2.28. The molecule has 6 nitrogen and oxygen atoms in total. The lowest BCUT2D eigenvalue weighted by Crippen LogP contribution is -2.38. The first kappa shape index (κ1) is 11.2. The molecule has 3 N–H and O–H groups in total. The number of fused-ring (bicyclic) bond motifs is 1. The van der Waals surface area contributed by atoms with Gasteiger partial charge in [0.1, 0.15) is 0 Å². The molecular weight excluding hydrogens is 230 g/mol. The first-order chi connectivity index (χ1) is 8.75. The molecule has 1 amide bonds. The van der Waals surface area contributed by atoms with Gasteiger partial charge in [-0.25, -0.2) is 4.52 Å². The zero-order chi connectivity index (χ0) is 12.5. The van der Waals surface area contributed by atoms with Crippen molar-refractivity contribution < 1.29 is 4.79 Å². The van der Waals surface area contributed by atoms with E-state index >= 15 is 0 Å². The number of hydrogen-bond donors (Lipinski definition) is 2. The zero-order valence-corrected chi connectivity index (χ0v) is 9.91. The summed E-state index contributed by atoms with van der Waals surface area (Å²) in [5.41, 5.74) is 7.18. The molecule has 18 heavy (non-hydrogen) atoms. The summed E-state index contributed by atoms with van der Waals surface area (Å²) in [5.74, 6) is 0.435. The van der Waals surface area contributed by atoms with Gasteiger partial charge in [-0.2, -0.15) is 5.10 Å². The molecule has 0 spiro atoms. The van der Waals surface area contributed by atoms with E-state index in [1.54, 1.807) is 29.3 Å². The molecule has 0 radical (unpaired) electrons. The van der Waals surface area contributed by atoms with Crippen LogP contribution in [0.1, 0.15) is 23.2 Å². The number of nitrogens with zero attached hydrogens (tertiary/aromatic N) is 3. The molecular formula is C12H15N5O. The molecule has 1 unspecified atom stereocenters. The Morgan fingerprint density at radius 3 is 3.17 bits per heavy atom. The second-order valence-corrected chi connectivity index (χ2v) is 4.68. The van der Waals surface area contributed by atoms with Gasteiger partial charge >= 0.3 is 0 Å². The third-order valence-corrected chi connectivity index (χ3v) is 3.30. The summed E-state index contributed by atoms with van der Waals surface area (Å²) >= 11 is 0. The topological polar surface area (TPSA) is 85.3 Å². The summed E-state index contributed by atoms with van der Waals surface area (Å²) < 4.78 is 1.63. The molecule has 1 saturated carbocycles. The van der Waals surface area contributed by atoms with Gasteiger partial charge in [0.15, 0.2) is 0 Å². The minimum Gasteiger partial charge on any atom is -0.350 e. The minimum absolute atomic E-state index is 0.0638. The first-order valence-electron chi connectivity index (χ1n) is 6.07. The zero-order valence-electron chi connectivity index (χ0n) is 9.91. The van der Waals surface area contributed by atoms with Crippen molar-refractivity contribution in [2.75, 3.05) is 6.54 Å². The maximum Gasteiger partial charge on any atom is 0.255 e. The van der Waals surface area contributed by atoms with Crippen molar-refractivity contribution in [1.29, 1.82) is 0 Å². The van der Waals surface area contributed by atoms with E-state index in [1.807, 2.05) is 0 Å². The summed E-state index contributed by atoms with van der Waals surface area (Å²) in [6.07, 6.45) is 8.87. The number of aromatic nitrogens is 3. The average molecular weight is 245 g/mol. The van der Waals surface area contributed by atoms with Crippen LogP contribution in [0.2, 0.25) is 0 Å². The van der Waals surface area contributed by atoms with E-state index in [4.69, 9.17) is 5.73 Å². The van der Waals surface area contributed by atoms with Gasteiger partial charge in [-0.1, -0.05) is 0 Å². The monoisotopic (exact) mass is 245 g/mol. The van der Waals surface area contributed by atoms with Crippen LogP contribution in [-0.2, 0) is 0 Å². The Kier molecular flexibility index (Phi) is 2.71. The quantitative estimate of drug-likeness (QED) is 0.805. The van der Waals surface area contributed by atoms with Crippen molar-refractivity contribution in [2.24, 2.45) is 11.7 Å². The van der Waals surface area contributed by atoms with Crippen molar-refractivity contribution in [3.8, 4) is 0 Å². The lowest BCUT2D eigenvalue weighted by Gasteiger charge is -2.10. The molecule has 94 valence electrons. The molecule has 0 saturated heterocycles. The van der Waals surface area contributed by atoms with E-state index in [1.165, 1.54) is 12.8 Å². The number of rotatable bonds is 4. The van der Waals surface area contributed by atoms with Gasteiger partial charge < -0.3 is 11.1 Å². The largest absolute Gasteiger partial charge is 0.350 e. The van der Waals surface area contributed by atoms with E-state index in [9.17, 15) is 4.79 Å². The van der Waals surface area contributed by atoms with Gasteiger partial charge in [0.05, 0.1) is 23.5 Å². The van der Waals surface area contributed by atoms with Gasteiger partial charge in [0.25, 0.3) is 5.91 Å². The Balaban J connectivity index is 1.71. The smallest absolute Gasteiger partial charge is 0.255 e. The van der Waals surface area contributed by atoms with Gasteiger partial charge in [-0.3, -0.25) is 9.78 Å². The Bertz CT molecular complexity index is 575. The summed E-state index contributed by atoms with van der Waals surface area (Å²) in [6.45, 7) is 0.515. The van der Waals surface area contributed by atoms with Crippen LogP contribution >= 0.6 is 0 Å². The number of hydrogen-bond acceptors (Lipinski definition) is 4. The van der Waals surface area contributed by atoms with Crippen LogP contribution in [-0.4, -0.2) is 33.1 Å². The molecule has 1 aliphatic rings. The van der Waals surface area contributed by atoms with E-state index in [2.05, 4.69) is 15.4 Å². The number of amides is 1. The molecule has 1 fully saturated rings. The average Bonchev–Trinajstić information content (AvgIpc) is 3.15. The number of nitrogens with two attached hydrogens (primary N) is 1. The number of carbonyl (C=O) groups excluding carboxylic acids is 1. The fourth-order valence-corrected chi connectivity index (χ4v) is 2.01. The molecule has 0 aliphatic heterocycles. The van der Waals surface area contributed by atoms with Crippen LogP contribution < -0.4 is 11.1 Å². The lowest BCUT2D eigenvalue weighted by molar-refractivity contribution is 0.0952. The summed E-state index contributed by atoms with van der Waals surface area (Å²) in [7, 11) is 0. The maximum absolute atomic E-state index is 12.0. The molecule has 3 rings (SSSR count). The number of carbonyl (C=O) groups is 1. The minimum atomic E-state index is -0.144. The molecule has 0 aromatic carbocycles. The Morgan fingerprint density at radius 1 is 1.56 bits per heavy atom. The van der Waals surface area contributed by atoms with Gasteiger partial charge in [-0.05, 0) is 18.8 Å². The molecule has 2 aromatic heterocycles. The van der Waals surface area contributed by atoms with E-state index in [-0.39, 0.29) is 11.9 Å². The van der Waals surface area contributed by atoms with Crippen LogP contribution in [0.25, 0.3) is 5.52 Å². The third-order valence-electron chi connectivity index (χ3n) is 3.30. The summed E-state index contributed by atoms with van der Waals surface area (Å²) in [5, 5.41) is 6.95. The maximum atomic E-state index is 12.0. The highest BCUT2D eigenvalue weighted by molar-refractivity contribution is 6.00. The van der Waals surface area contributed by atoms with Crippen LogP contribution in [0.4, 0.5) is 0 Å². The van der Waals surface area contributed by atoms with Gasteiger partial charge in [0, 0.05) is 25.0 Å². The SMILES string of the molecule is NC(CNC(=O)c1cnn2ccncc12)C1CC1. The van der Waals surface area contributed by atoms with Crippen LogP contribution in [0.15, 0.2) is 24.8 Å². The van der Waals surface area contributed by atoms with E-state index < -0.39 is 0 Å². The van der Waals surface area contributed by atoms with Crippen LogP contribution in [0.5, 0.6) is 0 Å². The van der Waals surface area contributed by atoms with Gasteiger partial charge in [0.2, 0.25) is 0 Å². The van der Waals surface area contributed by atoms with Crippen molar-refractivity contribution >= 4 is 11.4 Å². The molecule has 6 heteroatoms. The summed E-state index contributed by atoms with van der Waals surface area (Å²) in [4.78, 5) is 16.0. The van der Waals surface area contributed by atoms with Crippen molar-refractivity contribution in [2.45, 2.75) is 18.9 Å². The molecule has 2 heterocycles. The molecule has 2 aromatic rings. The predicted octanol–water partition coefficient (Wildman–Crippen LogP) is 0.196. The van der Waals surface area contributed by atoms with Crippen molar-refractivity contribution in [3.63, 3.8) is 0 Å². The van der Waals surface area contributed by atoms with Crippen LogP contribution in [0.3, 0.4) is 0 Å². The van der Waals surface area contributed by atoms with Crippen molar-refractivity contribution in [1.82, 2.24) is 19.9 Å². The van der Waals surface area contributed by atoms with E-state index in [0.29, 0.717) is 23.5 Å². The first-order valence-corrected chi connectivity index (χ1v) is 6.07.